The van der Waals surface area contributed by atoms with Gasteiger partial charge in [0.2, 0.25) is 5.10 Å². The van der Waals surface area contributed by atoms with Crippen LogP contribution >= 0.6 is 15.9 Å². The van der Waals surface area contributed by atoms with Gasteiger partial charge in [0.25, 0.3) is 0 Å². The number of carbonyl (C=O) groups excluding carboxylic acids is 1. The van der Waals surface area contributed by atoms with E-state index in [0.29, 0.717) is 26.2 Å². The van der Waals surface area contributed by atoms with E-state index in [2.05, 4.69) is 31.7 Å². The quantitative estimate of drug-likeness (QED) is 0.428. The fourth-order valence-electron chi connectivity index (χ4n) is 2.23. The van der Waals surface area contributed by atoms with Gasteiger partial charge in [-0.1, -0.05) is 15.9 Å². The molecule has 10 heteroatoms. The first kappa shape index (κ1) is 16.2. The van der Waals surface area contributed by atoms with Crippen molar-refractivity contribution in [3.05, 3.63) is 45.0 Å². The number of hydrogen-bond donors (Lipinski definition) is 2. The Hall–Kier alpha value is -2.62. The number of anilines is 1. The number of nitrogens with one attached hydrogen (secondary N) is 2. The molecule has 24 heavy (non-hydrogen) atoms. The third-order valence-corrected chi connectivity index (χ3v) is 3.87. The van der Waals surface area contributed by atoms with E-state index in [-0.39, 0.29) is 29.9 Å². The molecule has 0 bridgehead atoms. The van der Waals surface area contributed by atoms with Crippen LogP contribution < -0.4 is 20.2 Å². The van der Waals surface area contributed by atoms with Gasteiger partial charge in [-0.25, -0.2) is 4.73 Å². The van der Waals surface area contributed by atoms with E-state index in [9.17, 15) is 15.2 Å². The number of hydrogen-bond acceptors (Lipinski definition) is 7. The van der Waals surface area contributed by atoms with Gasteiger partial charge in [-0.15, -0.1) is 0 Å². The molecule has 1 aliphatic rings. The molecule has 9 nitrogen and oxygen atoms in total. The summed E-state index contributed by atoms with van der Waals surface area (Å²) in [5, 5.41) is 33.4. The second kappa shape index (κ2) is 6.87. The lowest BCUT2D eigenvalue weighted by Crippen LogP contribution is -2.44. The minimum Gasteiger partial charge on any atom is -0.739 e. The number of ether oxygens (including phenoxy) is 1. The Morgan fingerprint density at radius 2 is 2.25 bits per heavy atom. The summed E-state index contributed by atoms with van der Waals surface area (Å²) < 4.78 is 6.31. The number of nitrogens with zero attached hydrogens (tertiary/aromatic N) is 3. The van der Waals surface area contributed by atoms with Gasteiger partial charge in [0.15, 0.2) is 5.52 Å². The Labute approximate surface area is 145 Å². The van der Waals surface area contributed by atoms with E-state index in [1.807, 2.05) is 0 Å². The zero-order chi connectivity index (χ0) is 17.1. The SMILES string of the molecule is O=C(CCNc1n[n+]([O-])c2cc(Br)ccc2[n+]1[O-])OC1=CNCC1. The van der Waals surface area contributed by atoms with Gasteiger partial charge in [0.1, 0.15) is 5.76 Å². The molecule has 0 spiro atoms. The van der Waals surface area contributed by atoms with Gasteiger partial charge in [0.05, 0.1) is 13.0 Å². The molecule has 0 radical (unpaired) electrons. The molecule has 0 aliphatic carbocycles. The highest BCUT2D eigenvalue weighted by molar-refractivity contribution is 9.10. The van der Waals surface area contributed by atoms with Crippen LogP contribution in [0.25, 0.3) is 11.0 Å². The molecule has 0 saturated carbocycles. The number of rotatable bonds is 5. The summed E-state index contributed by atoms with van der Waals surface area (Å²) in [6.45, 7) is 0.870. The van der Waals surface area contributed by atoms with Crippen LogP contribution in [0.1, 0.15) is 12.8 Å². The van der Waals surface area contributed by atoms with Gasteiger partial charge in [0, 0.05) is 34.5 Å². The van der Waals surface area contributed by atoms with Crippen molar-refractivity contribution in [3.63, 3.8) is 0 Å². The molecule has 3 rings (SSSR count). The highest BCUT2D eigenvalue weighted by Gasteiger charge is 2.20. The van der Waals surface area contributed by atoms with Crippen LogP contribution in [-0.2, 0) is 9.53 Å². The standard InChI is InChI=1S/C14H14BrN5O4/c15-9-1-2-11-12(7-9)20(23)18-14(19(11)22)17-6-4-13(21)24-10-3-5-16-8-10/h1-2,7-8,16H,3-6H2,(H,17,18). The zero-order valence-electron chi connectivity index (χ0n) is 12.5. The molecule has 0 unspecified atom stereocenters. The van der Waals surface area contributed by atoms with Crippen LogP contribution in [0.5, 0.6) is 0 Å². The lowest BCUT2D eigenvalue weighted by molar-refractivity contribution is -0.672. The number of carbonyl (C=O) groups is 1. The molecule has 2 N–H and O–H groups in total. The first-order chi connectivity index (χ1) is 11.5. The van der Waals surface area contributed by atoms with Crippen LogP contribution in [0.2, 0.25) is 0 Å². The summed E-state index contributed by atoms with van der Waals surface area (Å²) in [4.78, 5) is 12.0. The van der Waals surface area contributed by atoms with E-state index in [4.69, 9.17) is 4.74 Å². The van der Waals surface area contributed by atoms with Crippen molar-refractivity contribution in [2.75, 3.05) is 18.4 Å². The first-order valence-corrected chi connectivity index (χ1v) is 8.03. The van der Waals surface area contributed by atoms with Crippen LogP contribution in [0.3, 0.4) is 0 Å². The van der Waals surface area contributed by atoms with E-state index in [1.165, 1.54) is 12.1 Å². The topological polar surface area (TPSA) is 117 Å². The number of halogens is 1. The fourth-order valence-corrected chi connectivity index (χ4v) is 2.58. The second-order valence-corrected chi connectivity index (χ2v) is 6.01. The van der Waals surface area contributed by atoms with Crippen molar-refractivity contribution in [1.29, 1.82) is 0 Å². The minimum absolute atomic E-state index is 0.0379. The van der Waals surface area contributed by atoms with Gasteiger partial charge in [-0.3, -0.25) is 10.1 Å². The van der Waals surface area contributed by atoms with E-state index in [1.54, 1.807) is 12.3 Å². The highest BCUT2D eigenvalue weighted by atomic mass is 79.9. The summed E-state index contributed by atoms with van der Waals surface area (Å²) in [6.07, 6.45) is 2.36. The fraction of sp³-hybridized carbons (Fsp3) is 0.286. The summed E-state index contributed by atoms with van der Waals surface area (Å²) in [6, 6.07) is 4.68. The molecule has 0 fully saturated rings. The average molecular weight is 396 g/mol. The van der Waals surface area contributed by atoms with Crippen molar-refractivity contribution in [2.45, 2.75) is 12.8 Å². The third kappa shape index (κ3) is 3.48. The molecule has 0 atom stereocenters. The Kier molecular flexibility index (Phi) is 4.65. The number of aromatic nitrogens is 3. The normalized spacial score (nSPS) is 13.5. The maximum Gasteiger partial charge on any atom is 0.460 e. The summed E-state index contributed by atoms with van der Waals surface area (Å²) in [5.41, 5.74) is 0.320. The monoisotopic (exact) mass is 395 g/mol. The second-order valence-electron chi connectivity index (χ2n) is 5.09. The molecule has 1 aliphatic heterocycles. The van der Waals surface area contributed by atoms with Crippen molar-refractivity contribution in [2.24, 2.45) is 0 Å². The van der Waals surface area contributed by atoms with Crippen LogP contribution in [0.4, 0.5) is 5.95 Å². The van der Waals surface area contributed by atoms with Crippen molar-refractivity contribution in [1.82, 2.24) is 10.4 Å². The van der Waals surface area contributed by atoms with Crippen molar-refractivity contribution >= 4 is 38.9 Å². The van der Waals surface area contributed by atoms with Gasteiger partial charge in [-0.2, -0.15) is 0 Å². The Morgan fingerprint density at radius 1 is 1.42 bits per heavy atom. The van der Waals surface area contributed by atoms with Gasteiger partial charge >= 0.3 is 17.4 Å². The van der Waals surface area contributed by atoms with E-state index < -0.39 is 5.97 Å². The van der Waals surface area contributed by atoms with Crippen LogP contribution in [0, 0.1) is 10.4 Å². The molecular weight excluding hydrogens is 382 g/mol. The molecule has 2 heterocycles. The summed E-state index contributed by atoms with van der Waals surface area (Å²) in [5.74, 6) is -0.00492. The predicted molar refractivity (Wildman–Crippen MR) is 87.3 cm³/mol. The number of esters is 1. The van der Waals surface area contributed by atoms with Crippen molar-refractivity contribution in [3.8, 4) is 0 Å². The predicted octanol–water partition coefficient (Wildman–Crippen LogP) is 0.444. The largest absolute Gasteiger partial charge is 0.739 e. The molecule has 1 aromatic heterocycles. The lowest BCUT2D eigenvalue weighted by Gasteiger charge is -2.10. The summed E-state index contributed by atoms with van der Waals surface area (Å²) >= 11 is 3.24. The lowest BCUT2D eigenvalue weighted by atomic mass is 10.3. The average Bonchev–Trinajstić information content (AvgIpc) is 3.05. The van der Waals surface area contributed by atoms with Gasteiger partial charge < -0.3 is 20.5 Å². The summed E-state index contributed by atoms with van der Waals surface area (Å²) in [7, 11) is 0. The highest BCUT2D eigenvalue weighted by Crippen LogP contribution is 2.14. The number of benzene rings is 1. The molecule has 126 valence electrons. The van der Waals surface area contributed by atoms with Crippen LogP contribution in [-0.4, -0.2) is 24.2 Å². The van der Waals surface area contributed by atoms with Crippen LogP contribution in [0.15, 0.2) is 34.6 Å². The molecule has 0 saturated heterocycles. The Morgan fingerprint density at radius 3 is 3.00 bits per heavy atom. The van der Waals surface area contributed by atoms with Gasteiger partial charge in [-0.05, 0) is 12.1 Å². The molecule has 0 amide bonds. The zero-order valence-corrected chi connectivity index (χ0v) is 14.1. The maximum atomic E-state index is 12.2. The van der Waals surface area contributed by atoms with E-state index in [0.717, 1.165) is 6.54 Å². The Balaban J connectivity index is 1.66. The smallest absolute Gasteiger partial charge is 0.460 e. The third-order valence-electron chi connectivity index (χ3n) is 3.38. The molecule has 2 aromatic rings. The van der Waals surface area contributed by atoms with Crippen molar-refractivity contribution < 1.29 is 19.1 Å². The number of fused-ring (bicyclic) bond motifs is 1. The van der Waals surface area contributed by atoms with E-state index >= 15 is 0 Å². The molecule has 1 aromatic carbocycles. The maximum absolute atomic E-state index is 12.2. The Bertz CT molecular complexity index is 826. The molecular formula is C14H14BrN5O4. The first-order valence-electron chi connectivity index (χ1n) is 7.24. The minimum atomic E-state index is -0.422.